The van der Waals surface area contributed by atoms with Gasteiger partial charge in [-0.2, -0.15) is 4.98 Å². The van der Waals surface area contributed by atoms with E-state index in [2.05, 4.69) is 10.1 Å². The molecule has 2 N–H and O–H groups in total. The fraction of sp³-hybridized carbons (Fsp3) is 0.176. The number of alkyl halides is 2. The fourth-order valence-electron chi connectivity index (χ4n) is 3.08. The van der Waals surface area contributed by atoms with Crippen molar-refractivity contribution >= 4 is 33.2 Å². The summed E-state index contributed by atoms with van der Waals surface area (Å²) in [5.74, 6) is -0.388. The number of hydrogen-bond acceptors (Lipinski definition) is 5. The monoisotopic (exact) mass is 409 g/mol. The third kappa shape index (κ3) is 2.91. The van der Waals surface area contributed by atoms with Crippen LogP contribution in [0.3, 0.4) is 0 Å². The van der Waals surface area contributed by atoms with Gasteiger partial charge in [0.1, 0.15) is 4.33 Å². The molecular formula is C17H13Cl2N3O3S. The quantitative estimate of drug-likeness (QED) is 0.665. The SMILES string of the molecule is NS(=O)(=O)c1ccccc1C1C(c2nc(-c3ccccc3)no2)C1(Cl)Cl. The summed E-state index contributed by atoms with van der Waals surface area (Å²) in [6, 6.07) is 15.7. The lowest BCUT2D eigenvalue weighted by Gasteiger charge is -2.06. The number of hydrogen-bond donors (Lipinski definition) is 1. The molecule has 0 radical (unpaired) electrons. The number of aromatic nitrogens is 2. The molecule has 2 unspecified atom stereocenters. The molecule has 9 heteroatoms. The number of halogens is 2. The minimum Gasteiger partial charge on any atom is -0.339 e. The number of nitrogens with zero attached hydrogens (tertiary/aromatic N) is 2. The Bertz CT molecular complexity index is 1070. The van der Waals surface area contributed by atoms with E-state index in [0.29, 0.717) is 11.4 Å². The molecule has 0 bridgehead atoms. The lowest BCUT2D eigenvalue weighted by atomic mass is 10.1. The number of benzene rings is 2. The van der Waals surface area contributed by atoms with E-state index in [-0.39, 0.29) is 10.8 Å². The normalized spacial score (nSPS) is 21.5. The van der Waals surface area contributed by atoms with Gasteiger partial charge in [0, 0.05) is 11.5 Å². The average molecular weight is 410 g/mol. The van der Waals surface area contributed by atoms with Crippen LogP contribution < -0.4 is 5.14 Å². The first kappa shape index (κ1) is 17.5. The summed E-state index contributed by atoms with van der Waals surface area (Å²) in [7, 11) is -3.92. The van der Waals surface area contributed by atoms with E-state index in [1.54, 1.807) is 18.2 Å². The molecule has 3 aromatic rings. The predicted molar refractivity (Wildman–Crippen MR) is 97.5 cm³/mol. The van der Waals surface area contributed by atoms with E-state index in [0.717, 1.165) is 5.56 Å². The molecule has 1 aliphatic rings. The Morgan fingerprint density at radius 3 is 2.35 bits per heavy atom. The van der Waals surface area contributed by atoms with Gasteiger partial charge in [-0.25, -0.2) is 13.6 Å². The number of primary sulfonamides is 1. The minimum atomic E-state index is -3.92. The second-order valence-electron chi connectivity index (χ2n) is 6.03. The van der Waals surface area contributed by atoms with E-state index in [9.17, 15) is 8.42 Å². The van der Waals surface area contributed by atoms with Crippen molar-refractivity contribution in [1.29, 1.82) is 0 Å². The Labute approximate surface area is 160 Å². The first-order valence-electron chi connectivity index (χ1n) is 7.68. The van der Waals surface area contributed by atoms with E-state index >= 15 is 0 Å². The molecule has 0 amide bonds. The Hall–Kier alpha value is -1.93. The van der Waals surface area contributed by atoms with Gasteiger partial charge >= 0.3 is 0 Å². The number of nitrogens with two attached hydrogens (primary N) is 1. The molecule has 1 heterocycles. The Morgan fingerprint density at radius 2 is 1.65 bits per heavy atom. The number of sulfonamides is 1. The maximum absolute atomic E-state index is 11.9. The molecular weight excluding hydrogens is 397 g/mol. The van der Waals surface area contributed by atoms with Crippen molar-refractivity contribution in [1.82, 2.24) is 10.1 Å². The van der Waals surface area contributed by atoms with Crippen LogP contribution in [-0.4, -0.2) is 22.9 Å². The standard InChI is InChI=1S/C17H13Cl2N3O3S/c18-17(19)13(11-8-4-5-9-12(11)26(20,23)24)14(17)16-21-15(22-25-16)10-6-2-1-3-7-10/h1-9,13-14H,(H2,20,23,24). The van der Waals surface area contributed by atoms with Gasteiger partial charge in [0.2, 0.25) is 21.7 Å². The van der Waals surface area contributed by atoms with Crippen LogP contribution in [0.25, 0.3) is 11.4 Å². The lowest BCUT2D eigenvalue weighted by molar-refractivity contribution is 0.378. The first-order valence-corrected chi connectivity index (χ1v) is 9.99. The van der Waals surface area contributed by atoms with Crippen LogP contribution in [0.5, 0.6) is 0 Å². The summed E-state index contributed by atoms with van der Waals surface area (Å²) in [6.07, 6.45) is 0. The van der Waals surface area contributed by atoms with Gasteiger partial charge in [0.05, 0.1) is 10.8 Å². The van der Waals surface area contributed by atoms with Crippen molar-refractivity contribution in [2.24, 2.45) is 5.14 Å². The summed E-state index contributed by atoms with van der Waals surface area (Å²) < 4.78 is 27.8. The Morgan fingerprint density at radius 1 is 1.00 bits per heavy atom. The summed E-state index contributed by atoms with van der Waals surface area (Å²) in [5.41, 5.74) is 1.23. The molecule has 1 fully saturated rings. The Balaban J connectivity index is 1.72. The van der Waals surface area contributed by atoms with Gasteiger partial charge in [-0.05, 0) is 11.6 Å². The highest BCUT2D eigenvalue weighted by Crippen LogP contribution is 2.70. The zero-order chi connectivity index (χ0) is 18.5. The molecule has 6 nitrogen and oxygen atoms in total. The van der Waals surface area contributed by atoms with Crippen LogP contribution in [0.1, 0.15) is 23.3 Å². The van der Waals surface area contributed by atoms with Crippen LogP contribution >= 0.6 is 23.2 Å². The minimum absolute atomic E-state index is 0.0130. The number of rotatable bonds is 4. The lowest BCUT2D eigenvalue weighted by Crippen LogP contribution is -2.14. The van der Waals surface area contributed by atoms with Crippen molar-refractivity contribution in [2.45, 2.75) is 21.1 Å². The summed E-state index contributed by atoms with van der Waals surface area (Å²) in [6.45, 7) is 0. The molecule has 1 aliphatic carbocycles. The molecule has 2 aromatic carbocycles. The Kier molecular flexibility index (Phi) is 4.07. The van der Waals surface area contributed by atoms with Crippen molar-refractivity contribution in [3.05, 3.63) is 66.1 Å². The largest absolute Gasteiger partial charge is 0.339 e. The van der Waals surface area contributed by atoms with Crippen molar-refractivity contribution in [3.8, 4) is 11.4 Å². The molecule has 0 saturated heterocycles. The zero-order valence-electron chi connectivity index (χ0n) is 13.2. The van der Waals surface area contributed by atoms with Crippen LogP contribution in [-0.2, 0) is 10.0 Å². The topological polar surface area (TPSA) is 99.1 Å². The van der Waals surface area contributed by atoms with Crippen molar-refractivity contribution in [3.63, 3.8) is 0 Å². The van der Waals surface area contributed by atoms with Crippen molar-refractivity contribution < 1.29 is 12.9 Å². The van der Waals surface area contributed by atoms with Gasteiger partial charge in [-0.3, -0.25) is 0 Å². The van der Waals surface area contributed by atoms with E-state index in [4.69, 9.17) is 32.9 Å². The van der Waals surface area contributed by atoms with Gasteiger partial charge in [0.15, 0.2) is 0 Å². The van der Waals surface area contributed by atoms with Crippen LogP contribution in [0.4, 0.5) is 0 Å². The third-order valence-corrected chi connectivity index (χ3v) is 6.28. The molecule has 0 aliphatic heterocycles. The predicted octanol–water partition coefficient (Wildman–Crippen LogP) is 3.44. The summed E-state index contributed by atoms with van der Waals surface area (Å²) in [5, 5.41) is 9.28. The van der Waals surface area contributed by atoms with Crippen LogP contribution in [0, 0.1) is 0 Å². The molecule has 4 rings (SSSR count). The maximum Gasteiger partial charge on any atom is 0.238 e. The third-order valence-electron chi connectivity index (χ3n) is 4.35. The smallest absolute Gasteiger partial charge is 0.238 e. The fourth-order valence-corrected chi connectivity index (χ4v) is 4.68. The molecule has 2 atom stereocenters. The highest BCUT2D eigenvalue weighted by molar-refractivity contribution is 7.89. The van der Waals surface area contributed by atoms with Gasteiger partial charge in [0.25, 0.3) is 0 Å². The van der Waals surface area contributed by atoms with Crippen LogP contribution in [0.15, 0.2) is 64.0 Å². The van der Waals surface area contributed by atoms with Gasteiger partial charge < -0.3 is 4.52 Å². The van der Waals surface area contributed by atoms with E-state index < -0.39 is 26.2 Å². The summed E-state index contributed by atoms with van der Waals surface area (Å²) in [4.78, 5) is 4.37. The second-order valence-corrected chi connectivity index (χ2v) is 9.01. The average Bonchev–Trinajstić information content (AvgIpc) is 2.95. The molecule has 1 aromatic heterocycles. The highest BCUT2D eigenvalue weighted by Gasteiger charge is 2.68. The van der Waals surface area contributed by atoms with Gasteiger partial charge in [-0.1, -0.05) is 53.7 Å². The van der Waals surface area contributed by atoms with Gasteiger partial charge in [-0.15, -0.1) is 23.2 Å². The molecule has 1 saturated carbocycles. The summed E-state index contributed by atoms with van der Waals surface area (Å²) >= 11 is 12.8. The molecule has 0 spiro atoms. The van der Waals surface area contributed by atoms with E-state index in [1.165, 1.54) is 6.07 Å². The maximum atomic E-state index is 11.9. The van der Waals surface area contributed by atoms with Crippen LogP contribution in [0.2, 0.25) is 0 Å². The zero-order valence-corrected chi connectivity index (χ0v) is 15.5. The second kappa shape index (κ2) is 6.06. The van der Waals surface area contributed by atoms with E-state index in [1.807, 2.05) is 30.3 Å². The first-order chi connectivity index (χ1) is 12.3. The molecule has 26 heavy (non-hydrogen) atoms. The molecule has 134 valence electrons. The van der Waals surface area contributed by atoms with Crippen molar-refractivity contribution in [2.75, 3.05) is 0 Å². The highest BCUT2D eigenvalue weighted by atomic mass is 35.5.